The molecule has 3 nitrogen and oxygen atoms in total. The molecule has 0 aromatic heterocycles. The van der Waals surface area contributed by atoms with Gasteiger partial charge in [-0.15, -0.1) is 0 Å². The summed E-state index contributed by atoms with van der Waals surface area (Å²) in [5.74, 6) is 0.700. The van der Waals surface area contributed by atoms with Gasteiger partial charge in [-0.1, -0.05) is 38.7 Å². The van der Waals surface area contributed by atoms with Gasteiger partial charge < -0.3 is 4.74 Å². The first-order valence-electron chi connectivity index (χ1n) is 8.32. The highest BCUT2D eigenvalue weighted by atomic mass is 16.5. The molecule has 0 unspecified atom stereocenters. The summed E-state index contributed by atoms with van der Waals surface area (Å²) >= 11 is 0. The van der Waals surface area contributed by atoms with E-state index in [0.717, 1.165) is 29.5 Å². The van der Waals surface area contributed by atoms with Crippen molar-refractivity contribution in [3.05, 3.63) is 34.9 Å². The van der Waals surface area contributed by atoms with Crippen molar-refractivity contribution in [2.24, 2.45) is 4.99 Å². The maximum absolute atomic E-state index is 9.40. The van der Waals surface area contributed by atoms with Crippen LogP contribution < -0.4 is 0 Å². The number of ether oxygens (including phenoxy) is 1. The van der Waals surface area contributed by atoms with Gasteiger partial charge >= 0.3 is 0 Å². The first-order valence-corrected chi connectivity index (χ1v) is 8.32. The summed E-state index contributed by atoms with van der Waals surface area (Å²) in [5, 5.41) is 9.40. The van der Waals surface area contributed by atoms with Crippen molar-refractivity contribution >= 4 is 5.90 Å². The molecule has 0 N–H and O–H groups in total. The van der Waals surface area contributed by atoms with E-state index in [9.17, 15) is 5.26 Å². The first-order chi connectivity index (χ1) is 10.6. The van der Waals surface area contributed by atoms with Crippen molar-refractivity contribution in [3.63, 3.8) is 0 Å². The highest BCUT2D eigenvalue weighted by molar-refractivity contribution is 5.97. The van der Waals surface area contributed by atoms with Gasteiger partial charge in [-0.05, 0) is 44.4 Å². The third-order valence-corrected chi connectivity index (χ3v) is 4.02. The molecular formula is C19H26N2O. The Labute approximate surface area is 134 Å². The Hall–Kier alpha value is -1.82. The minimum atomic E-state index is -0.170. The van der Waals surface area contributed by atoms with E-state index in [0.29, 0.717) is 12.5 Å². The zero-order valence-electron chi connectivity index (χ0n) is 14.0. The average molecular weight is 298 g/mol. The SMILES string of the molecule is CCCCCCCc1c(C#N)cccc1C1=NC(C)(C)CO1. The van der Waals surface area contributed by atoms with E-state index in [2.05, 4.69) is 31.8 Å². The standard InChI is InChI=1S/C19H26N2O/c1-4-5-6-7-8-11-16-15(13-20)10-9-12-17(16)18-21-19(2,3)14-22-18/h9-10,12H,4-8,11,14H2,1-3H3. The molecule has 0 spiro atoms. The lowest BCUT2D eigenvalue weighted by atomic mass is 9.95. The number of hydrogen-bond donors (Lipinski definition) is 0. The number of nitrogens with zero attached hydrogens (tertiary/aromatic N) is 2. The maximum Gasteiger partial charge on any atom is 0.217 e. The second-order valence-corrected chi connectivity index (χ2v) is 6.63. The van der Waals surface area contributed by atoms with Gasteiger partial charge in [0.2, 0.25) is 5.90 Å². The molecule has 1 aliphatic rings. The van der Waals surface area contributed by atoms with E-state index in [1.54, 1.807) is 0 Å². The lowest BCUT2D eigenvalue weighted by molar-refractivity contribution is 0.279. The molecule has 0 saturated carbocycles. The number of benzene rings is 1. The van der Waals surface area contributed by atoms with Crippen LogP contribution in [0.3, 0.4) is 0 Å². The van der Waals surface area contributed by atoms with Gasteiger partial charge in [-0.3, -0.25) is 0 Å². The van der Waals surface area contributed by atoms with Crippen LogP contribution >= 0.6 is 0 Å². The van der Waals surface area contributed by atoms with Crippen LogP contribution in [0.4, 0.5) is 0 Å². The molecule has 0 saturated heterocycles. The van der Waals surface area contributed by atoms with Gasteiger partial charge in [0, 0.05) is 5.56 Å². The fourth-order valence-electron chi connectivity index (χ4n) is 2.79. The van der Waals surface area contributed by atoms with Crippen molar-refractivity contribution in [2.45, 2.75) is 64.8 Å². The third-order valence-electron chi connectivity index (χ3n) is 4.02. The first kappa shape index (κ1) is 16.5. The Morgan fingerprint density at radius 2 is 2.00 bits per heavy atom. The van der Waals surface area contributed by atoms with Crippen molar-refractivity contribution in [1.29, 1.82) is 5.26 Å². The Kier molecular flexibility index (Phi) is 5.60. The molecule has 1 aromatic carbocycles. The van der Waals surface area contributed by atoms with Crippen LogP contribution in [0.1, 0.15) is 69.6 Å². The van der Waals surface area contributed by atoms with Crippen LogP contribution in [-0.4, -0.2) is 18.0 Å². The van der Waals surface area contributed by atoms with E-state index in [1.165, 1.54) is 25.7 Å². The summed E-state index contributed by atoms with van der Waals surface area (Å²) in [6, 6.07) is 8.17. The van der Waals surface area contributed by atoms with Gasteiger partial charge in [0.15, 0.2) is 0 Å². The Bertz CT molecular complexity index is 582. The summed E-state index contributed by atoms with van der Waals surface area (Å²) in [6.07, 6.45) is 7.06. The average Bonchev–Trinajstić information content (AvgIpc) is 2.87. The van der Waals surface area contributed by atoms with Crippen LogP contribution in [0, 0.1) is 11.3 Å². The normalized spacial score (nSPS) is 16.0. The molecule has 0 aliphatic carbocycles. The summed E-state index contributed by atoms with van der Waals surface area (Å²) in [6.45, 7) is 6.96. The highest BCUT2D eigenvalue weighted by Crippen LogP contribution is 2.25. The fourth-order valence-corrected chi connectivity index (χ4v) is 2.79. The van der Waals surface area contributed by atoms with Crippen LogP contribution in [0.2, 0.25) is 0 Å². The van der Waals surface area contributed by atoms with E-state index in [1.807, 2.05) is 18.2 Å². The lowest BCUT2D eigenvalue weighted by Crippen LogP contribution is -2.17. The quantitative estimate of drug-likeness (QED) is 0.689. The van der Waals surface area contributed by atoms with Crippen LogP contribution in [0.15, 0.2) is 23.2 Å². The molecule has 0 fully saturated rings. The fraction of sp³-hybridized carbons (Fsp3) is 0.579. The van der Waals surface area contributed by atoms with Crippen molar-refractivity contribution in [2.75, 3.05) is 6.61 Å². The van der Waals surface area contributed by atoms with Crippen molar-refractivity contribution in [3.8, 4) is 6.07 Å². The molecular weight excluding hydrogens is 272 g/mol. The van der Waals surface area contributed by atoms with Crippen LogP contribution in [0.5, 0.6) is 0 Å². The maximum atomic E-state index is 9.40. The zero-order chi connectivity index (χ0) is 16.0. The molecule has 22 heavy (non-hydrogen) atoms. The number of aliphatic imine (C=N–C) groups is 1. The molecule has 0 amide bonds. The van der Waals surface area contributed by atoms with E-state index >= 15 is 0 Å². The number of nitriles is 1. The molecule has 1 heterocycles. The minimum Gasteiger partial charge on any atom is -0.475 e. The largest absolute Gasteiger partial charge is 0.475 e. The van der Waals surface area contributed by atoms with Crippen molar-refractivity contribution < 1.29 is 4.74 Å². The second-order valence-electron chi connectivity index (χ2n) is 6.63. The Morgan fingerprint density at radius 3 is 2.64 bits per heavy atom. The summed E-state index contributed by atoms with van der Waals surface area (Å²) in [4.78, 5) is 4.67. The molecule has 3 heteroatoms. The lowest BCUT2D eigenvalue weighted by Gasteiger charge is -2.11. The minimum absolute atomic E-state index is 0.170. The molecule has 0 atom stereocenters. The Morgan fingerprint density at radius 1 is 1.23 bits per heavy atom. The van der Waals surface area contributed by atoms with Gasteiger partial charge in [0.25, 0.3) is 0 Å². The Balaban J connectivity index is 2.18. The molecule has 118 valence electrons. The summed E-state index contributed by atoms with van der Waals surface area (Å²) in [7, 11) is 0. The van der Waals surface area contributed by atoms with Crippen molar-refractivity contribution in [1.82, 2.24) is 0 Å². The summed E-state index contributed by atoms with van der Waals surface area (Å²) in [5.41, 5.74) is 2.68. The van der Waals surface area contributed by atoms with Gasteiger partial charge in [-0.2, -0.15) is 5.26 Å². The zero-order valence-corrected chi connectivity index (χ0v) is 14.0. The van der Waals surface area contributed by atoms with Crippen LogP contribution in [0.25, 0.3) is 0 Å². The summed E-state index contributed by atoms with van der Waals surface area (Å²) < 4.78 is 5.78. The molecule has 2 rings (SSSR count). The van der Waals surface area contributed by atoms with Gasteiger partial charge in [0.05, 0.1) is 17.2 Å². The smallest absolute Gasteiger partial charge is 0.217 e. The predicted octanol–water partition coefficient (Wildman–Crippen LogP) is 4.63. The van der Waals surface area contributed by atoms with E-state index in [4.69, 9.17) is 4.74 Å². The van der Waals surface area contributed by atoms with Gasteiger partial charge in [-0.25, -0.2) is 4.99 Å². The molecule has 1 aliphatic heterocycles. The second kappa shape index (κ2) is 7.45. The topological polar surface area (TPSA) is 45.4 Å². The molecule has 0 radical (unpaired) electrons. The number of unbranched alkanes of at least 4 members (excludes halogenated alkanes) is 4. The predicted molar refractivity (Wildman–Crippen MR) is 90.2 cm³/mol. The third kappa shape index (κ3) is 4.10. The number of hydrogen-bond acceptors (Lipinski definition) is 3. The highest BCUT2D eigenvalue weighted by Gasteiger charge is 2.28. The van der Waals surface area contributed by atoms with E-state index < -0.39 is 0 Å². The van der Waals surface area contributed by atoms with E-state index in [-0.39, 0.29) is 5.54 Å². The monoisotopic (exact) mass is 298 g/mol. The molecule has 0 bridgehead atoms. The van der Waals surface area contributed by atoms with Gasteiger partial charge in [0.1, 0.15) is 6.61 Å². The number of rotatable bonds is 7. The van der Waals surface area contributed by atoms with Crippen LogP contribution in [-0.2, 0) is 11.2 Å². The molecule has 1 aromatic rings.